The van der Waals surface area contributed by atoms with E-state index in [9.17, 15) is 72.3 Å². The molecule has 8 rings (SSSR count). The molecule has 0 saturated carbocycles. The van der Waals surface area contributed by atoms with Gasteiger partial charge in [0.2, 0.25) is 0 Å². The third-order valence-electron chi connectivity index (χ3n) is 10.1. The molecule has 0 aliphatic rings. The van der Waals surface area contributed by atoms with Gasteiger partial charge in [-0.15, -0.1) is 32.0 Å². The molecule has 72 heavy (non-hydrogen) atoms. The van der Waals surface area contributed by atoms with Crippen molar-refractivity contribution >= 4 is 107 Å². The third kappa shape index (κ3) is 12.6. The Morgan fingerprint density at radius 3 is 0.944 bits per heavy atom. The molecule has 0 bridgehead atoms. The Bertz CT molecular complexity index is 4060. The van der Waals surface area contributed by atoms with Crippen molar-refractivity contribution in [3.8, 4) is 34.1 Å². The van der Waals surface area contributed by atoms with Crippen molar-refractivity contribution in [1.82, 2.24) is 0 Å². The SMILES string of the molecule is O=S(=O)(O)c1cc(-c2ccc(N=Nc3ccc(N=Nc4cc(S(=O)(=O)O)c5cccc([O-])c5c4[O-])c4ccccc34)c(S(=O)(=O)O)c2)ccc1N=Nc1cc(S(=O)(=O)O)c2cccc([O-])c2c1[O-].[Na+].[Na+].[Na+].[Na+]. The second-order valence-electron chi connectivity index (χ2n) is 14.3. The van der Waals surface area contributed by atoms with E-state index in [4.69, 9.17) is 0 Å². The number of nitrogens with zero attached hydrogens (tertiary/aromatic N) is 6. The zero-order valence-corrected chi connectivity index (χ0v) is 48.8. The van der Waals surface area contributed by atoms with Crippen molar-refractivity contribution < 1.29 is 191 Å². The molecule has 30 heteroatoms. The maximum Gasteiger partial charge on any atom is 1.00 e. The van der Waals surface area contributed by atoms with Gasteiger partial charge in [-0.1, -0.05) is 84.3 Å². The number of azo groups is 3. The summed E-state index contributed by atoms with van der Waals surface area (Å²) in [5.41, 5.74) is -2.34. The summed E-state index contributed by atoms with van der Waals surface area (Å²) in [6, 6.07) is 23.4. The van der Waals surface area contributed by atoms with Gasteiger partial charge in [0.15, 0.2) is 0 Å². The number of hydrogen-bond acceptors (Lipinski definition) is 18. The molecule has 4 N–H and O–H groups in total. The van der Waals surface area contributed by atoms with Gasteiger partial charge >= 0.3 is 118 Å². The van der Waals surface area contributed by atoms with E-state index in [0.717, 1.165) is 54.6 Å². The topological polar surface area (TPSA) is 384 Å². The summed E-state index contributed by atoms with van der Waals surface area (Å²) < 4.78 is 139. The Morgan fingerprint density at radius 1 is 0.319 bits per heavy atom. The molecule has 346 valence electrons. The van der Waals surface area contributed by atoms with Crippen molar-refractivity contribution in [3.05, 3.63) is 121 Å². The summed E-state index contributed by atoms with van der Waals surface area (Å²) in [7, 11) is -20.2. The van der Waals surface area contributed by atoms with Crippen molar-refractivity contribution in [2.75, 3.05) is 0 Å². The smallest absolute Gasteiger partial charge is 0.872 e. The van der Waals surface area contributed by atoms with E-state index in [1.54, 1.807) is 24.3 Å². The average molecular weight is 1090 g/mol. The monoisotopic (exact) mass is 1090 g/mol. The van der Waals surface area contributed by atoms with Crippen LogP contribution in [0.2, 0.25) is 0 Å². The Morgan fingerprint density at radius 2 is 0.611 bits per heavy atom. The number of benzene rings is 8. The van der Waals surface area contributed by atoms with Crippen LogP contribution in [0.25, 0.3) is 43.4 Å². The molecule has 0 unspecified atom stereocenters. The van der Waals surface area contributed by atoms with E-state index >= 15 is 0 Å². The van der Waals surface area contributed by atoms with Gasteiger partial charge in [0.1, 0.15) is 31.0 Å². The van der Waals surface area contributed by atoms with Crippen LogP contribution in [0.4, 0.5) is 34.1 Å². The van der Waals surface area contributed by atoms with Crippen LogP contribution in [0.1, 0.15) is 0 Å². The maximum atomic E-state index is 13.2. The van der Waals surface area contributed by atoms with Crippen molar-refractivity contribution in [1.29, 1.82) is 0 Å². The molecular weight excluding hydrogens is 1060 g/mol. The zero-order valence-electron chi connectivity index (χ0n) is 37.6. The molecule has 8 aromatic rings. The van der Waals surface area contributed by atoms with Crippen molar-refractivity contribution in [2.24, 2.45) is 30.7 Å². The fourth-order valence-electron chi connectivity index (χ4n) is 7.04. The first-order valence-electron chi connectivity index (χ1n) is 18.7. The van der Waals surface area contributed by atoms with Gasteiger partial charge in [-0.3, -0.25) is 18.2 Å². The Balaban J connectivity index is 0.00000281. The summed E-state index contributed by atoms with van der Waals surface area (Å²) in [6.07, 6.45) is 0. The fourth-order valence-corrected chi connectivity index (χ4v) is 9.75. The summed E-state index contributed by atoms with van der Waals surface area (Å²) in [5, 5.41) is 73.7. The van der Waals surface area contributed by atoms with Crippen LogP contribution in [0.3, 0.4) is 0 Å². The number of rotatable bonds is 11. The van der Waals surface area contributed by atoms with E-state index in [1.807, 2.05) is 0 Å². The first kappa shape index (κ1) is 60.7. The zero-order chi connectivity index (χ0) is 49.1. The van der Waals surface area contributed by atoms with Crippen LogP contribution in [0, 0.1) is 0 Å². The van der Waals surface area contributed by atoms with E-state index in [0.29, 0.717) is 16.8 Å². The van der Waals surface area contributed by atoms with E-state index in [2.05, 4.69) is 30.7 Å². The minimum atomic E-state index is -5.18. The third-order valence-corrected chi connectivity index (χ3v) is 13.6. The van der Waals surface area contributed by atoms with Gasteiger partial charge in [-0.25, -0.2) is 0 Å². The van der Waals surface area contributed by atoms with Gasteiger partial charge in [-0.2, -0.15) is 43.9 Å². The van der Waals surface area contributed by atoms with E-state index < -0.39 is 122 Å². The molecule has 8 aromatic carbocycles. The molecule has 0 aromatic heterocycles. The van der Waals surface area contributed by atoms with Gasteiger partial charge in [-0.05, 0) is 70.4 Å². The number of hydrogen-bond donors (Lipinski definition) is 4. The number of fused-ring (bicyclic) bond motifs is 3. The second-order valence-corrected chi connectivity index (χ2v) is 19.9. The molecular formula is C42H24N6Na4O16S4. The molecule has 0 heterocycles. The molecule has 0 fully saturated rings. The van der Waals surface area contributed by atoms with Gasteiger partial charge in [0.25, 0.3) is 40.5 Å². The second kappa shape index (κ2) is 23.4. The molecule has 0 amide bonds. The van der Waals surface area contributed by atoms with E-state index in [-0.39, 0.29) is 146 Å². The Labute approximate surface area is 496 Å². The molecule has 0 aliphatic carbocycles. The van der Waals surface area contributed by atoms with Crippen LogP contribution in [-0.2, 0) is 40.5 Å². The maximum absolute atomic E-state index is 13.2. The van der Waals surface area contributed by atoms with Crippen LogP contribution >= 0.6 is 0 Å². The minimum Gasteiger partial charge on any atom is -0.872 e. The summed E-state index contributed by atoms with van der Waals surface area (Å²) in [4.78, 5) is -3.36. The van der Waals surface area contributed by atoms with Gasteiger partial charge in [0, 0.05) is 21.5 Å². The first-order chi connectivity index (χ1) is 31.9. The Kier molecular flexibility index (Phi) is 19.7. The normalized spacial score (nSPS) is 12.2. The molecule has 0 radical (unpaired) electrons. The Hall–Kier alpha value is -3.82. The van der Waals surface area contributed by atoms with Crippen molar-refractivity contribution in [3.63, 3.8) is 0 Å². The fraction of sp³-hybridized carbons (Fsp3) is 0. The predicted molar refractivity (Wildman–Crippen MR) is 233 cm³/mol. The van der Waals surface area contributed by atoms with Gasteiger partial charge in [0.05, 0.1) is 22.7 Å². The average Bonchev–Trinajstić information content (AvgIpc) is 3.26. The quantitative estimate of drug-likeness (QED) is 0.0538. The van der Waals surface area contributed by atoms with E-state index in [1.165, 1.54) is 36.4 Å². The van der Waals surface area contributed by atoms with Crippen LogP contribution < -0.4 is 139 Å². The molecule has 0 atom stereocenters. The standard InChI is InChI=1S/C42H28N6O16S4.4Na/c49-33-9-3-7-25-35(65(53,54)55)19-31(41(51)39(25)33)47-44-28-16-15-27(23-5-1-2-6-24(23)28)43-45-29-13-11-21(17-37(29)67(59,60)61)22-12-14-30(38(18-22)68(62,63)64)46-48-32-20-36(66(56,57)58)26-8-4-10-34(50)40(26)42(32)52;;;;/h1-20,49-52H,(H,53,54,55)(H,56,57,58)(H,59,60,61)(H,62,63,64);;;;/q;4*+1/p-4. The van der Waals surface area contributed by atoms with Crippen molar-refractivity contribution in [2.45, 2.75) is 19.6 Å². The van der Waals surface area contributed by atoms with Gasteiger partial charge < -0.3 is 20.4 Å². The first-order valence-corrected chi connectivity index (χ1v) is 24.5. The molecule has 0 spiro atoms. The molecule has 0 saturated heterocycles. The molecule has 22 nitrogen and oxygen atoms in total. The molecule has 0 aliphatic heterocycles. The minimum absolute atomic E-state index is 0. The van der Waals surface area contributed by atoms with Crippen LogP contribution in [0.15, 0.2) is 172 Å². The van der Waals surface area contributed by atoms with Crippen LogP contribution in [-0.4, -0.2) is 51.9 Å². The summed E-state index contributed by atoms with van der Waals surface area (Å²) in [5.74, 6) is -3.79. The van der Waals surface area contributed by atoms with Crippen LogP contribution in [0.5, 0.6) is 23.0 Å². The predicted octanol–water partition coefficient (Wildman–Crippen LogP) is -4.64. The summed E-state index contributed by atoms with van der Waals surface area (Å²) >= 11 is 0. The summed E-state index contributed by atoms with van der Waals surface area (Å²) in [6.45, 7) is 0. The largest absolute Gasteiger partial charge is 1.00 e.